The molecule has 0 fully saturated rings. The lowest BCUT2D eigenvalue weighted by Crippen LogP contribution is -2.11. The van der Waals surface area contributed by atoms with Gasteiger partial charge in [0.25, 0.3) is 0 Å². The lowest BCUT2D eigenvalue weighted by atomic mass is 10.2. The third-order valence-corrected chi connectivity index (χ3v) is 3.22. The zero-order valence-electron chi connectivity index (χ0n) is 13.9. The number of rotatable bonds is 7. The van der Waals surface area contributed by atoms with Crippen LogP contribution in [-0.4, -0.2) is 26.0 Å². The van der Waals surface area contributed by atoms with Crippen LogP contribution in [0.2, 0.25) is 0 Å². The van der Waals surface area contributed by atoms with E-state index in [0.29, 0.717) is 35.9 Å². The highest BCUT2D eigenvalue weighted by Crippen LogP contribution is 2.30. The van der Waals surface area contributed by atoms with Crippen molar-refractivity contribution in [1.82, 2.24) is 0 Å². The van der Waals surface area contributed by atoms with Crippen molar-refractivity contribution in [3.63, 3.8) is 0 Å². The summed E-state index contributed by atoms with van der Waals surface area (Å²) in [4.78, 5) is 23.4. The fourth-order valence-electron chi connectivity index (χ4n) is 2.00. The van der Waals surface area contributed by atoms with Gasteiger partial charge in [-0.25, -0.2) is 4.79 Å². The molecule has 0 radical (unpaired) electrons. The molecule has 0 bridgehead atoms. The molecule has 5 heteroatoms. The summed E-state index contributed by atoms with van der Waals surface area (Å²) >= 11 is 0. The van der Waals surface area contributed by atoms with Crippen LogP contribution in [0, 0.1) is 5.92 Å². The normalized spacial score (nSPS) is 10.3. The number of esters is 1. The SMILES string of the molecule is COc1cccc(C=O)c1OC(=O)c1ccc(OCC(C)C)cc1. The Morgan fingerprint density at radius 2 is 1.83 bits per heavy atom. The standard InChI is InChI=1S/C19H20O5/c1-13(2)12-23-16-9-7-14(8-10-16)19(21)24-18-15(11-20)5-4-6-17(18)22-3/h4-11,13H,12H2,1-3H3. The van der Waals surface area contributed by atoms with Crippen molar-refractivity contribution < 1.29 is 23.8 Å². The first kappa shape index (κ1) is 17.5. The van der Waals surface area contributed by atoms with Crippen molar-refractivity contribution in [3.05, 3.63) is 53.6 Å². The van der Waals surface area contributed by atoms with Gasteiger partial charge in [-0.2, -0.15) is 0 Å². The molecular formula is C19H20O5. The van der Waals surface area contributed by atoms with Gasteiger partial charge < -0.3 is 14.2 Å². The average molecular weight is 328 g/mol. The van der Waals surface area contributed by atoms with Gasteiger partial charge in [0.05, 0.1) is 24.8 Å². The van der Waals surface area contributed by atoms with Gasteiger partial charge in [0.2, 0.25) is 0 Å². The molecule has 0 saturated heterocycles. The zero-order chi connectivity index (χ0) is 17.5. The molecule has 0 aliphatic heterocycles. The molecule has 0 amide bonds. The minimum atomic E-state index is -0.571. The molecule has 2 rings (SSSR count). The minimum Gasteiger partial charge on any atom is -0.493 e. The Morgan fingerprint density at radius 3 is 2.42 bits per heavy atom. The summed E-state index contributed by atoms with van der Waals surface area (Å²) in [6.07, 6.45) is 0.619. The number of carbonyl (C=O) groups excluding carboxylic acids is 2. The van der Waals surface area contributed by atoms with E-state index in [1.54, 1.807) is 42.5 Å². The number of methoxy groups -OCH3 is 1. The van der Waals surface area contributed by atoms with Crippen molar-refractivity contribution in [2.75, 3.05) is 13.7 Å². The number of para-hydroxylation sites is 1. The number of aldehydes is 1. The molecule has 0 aliphatic rings. The van der Waals surface area contributed by atoms with E-state index in [9.17, 15) is 9.59 Å². The molecule has 0 unspecified atom stereocenters. The Bertz CT molecular complexity index is 704. The second-order valence-corrected chi connectivity index (χ2v) is 5.62. The highest BCUT2D eigenvalue weighted by molar-refractivity contribution is 5.93. The van der Waals surface area contributed by atoms with Gasteiger partial charge in [-0.05, 0) is 42.3 Å². The molecular weight excluding hydrogens is 308 g/mol. The van der Waals surface area contributed by atoms with Gasteiger partial charge >= 0.3 is 5.97 Å². The van der Waals surface area contributed by atoms with Crippen molar-refractivity contribution >= 4 is 12.3 Å². The Morgan fingerprint density at radius 1 is 1.12 bits per heavy atom. The van der Waals surface area contributed by atoms with Gasteiger partial charge in [0, 0.05) is 0 Å². The van der Waals surface area contributed by atoms with Crippen LogP contribution in [0.5, 0.6) is 17.2 Å². The number of benzene rings is 2. The first-order valence-corrected chi connectivity index (χ1v) is 7.62. The van der Waals surface area contributed by atoms with Crippen LogP contribution in [0.25, 0.3) is 0 Å². The fraction of sp³-hybridized carbons (Fsp3) is 0.263. The molecule has 0 aliphatic carbocycles. The number of ether oxygens (including phenoxy) is 3. The highest BCUT2D eigenvalue weighted by Gasteiger charge is 2.16. The van der Waals surface area contributed by atoms with E-state index in [-0.39, 0.29) is 11.3 Å². The maximum Gasteiger partial charge on any atom is 0.343 e. The molecule has 0 spiro atoms. The zero-order valence-corrected chi connectivity index (χ0v) is 13.9. The lowest BCUT2D eigenvalue weighted by molar-refractivity contribution is 0.0728. The third-order valence-electron chi connectivity index (χ3n) is 3.22. The maximum atomic E-state index is 12.3. The number of carbonyl (C=O) groups is 2. The molecule has 0 aromatic heterocycles. The first-order valence-electron chi connectivity index (χ1n) is 7.62. The van der Waals surface area contributed by atoms with Gasteiger partial charge in [0.1, 0.15) is 5.75 Å². The topological polar surface area (TPSA) is 61.8 Å². The van der Waals surface area contributed by atoms with E-state index in [2.05, 4.69) is 13.8 Å². The average Bonchev–Trinajstić information content (AvgIpc) is 2.60. The Labute approximate surface area is 141 Å². The van der Waals surface area contributed by atoms with Gasteiger partial charge in [-0.15, -0.1) is 0 Å². The third kappa shape index (κ3) is 4.35. The van der Waals surface area contributed by atoms with Crippen LogP contribution in [0.1, 0.15) is 34.6 Å². The predicted octanol–water partition coefficient (Wildman–Crippen LogP) is 3.76. The first-order chi connectivity index (χ1) is 11.5. The van der Waals surface area contributed by atoms with E-state index in [0.717, 1.165) is 0 Å². The molecule has 24 heavy (non-hydrogen) atoms. The van der Waals surface area contributed by atoms with Crippen LogP contribution >= 0.6 is 0 Å². The highest BCUT2D eigenvalue weighted by atomic mass is 16.6. The van der Waals surface area contributed by atoms with Crippen molar-refractivity contribution in [2.45, 2.75) is 13.8 Å². The van der Waals surface area contributed by atoms with Crippen LogP contribution in [0.15, 0.2) is 42.5 Å². The van der Waals surface area contributed by atoms with Crippen LogP contribution in [0.4, 0.5) is 0 Å². The van der Waals surface area contributed by atoms with Crippen LogP contribution in [-0.2, 0) is 0 Å². The van der Waals surface area contributed by atoms with Gasteiger partial charge in [-0.3, -0.25) is 4.79 Å². The smallest absolute Gasteiger partial charge is 0.343 e. The molecule has 0 atom stereocenters. The van der Waals surface area contributed by atoms with Crippen molar-refractivity contribution in [2.24, 2.45) is 5.92 Å². The summed E-state index contributed by atoms with van der Waals surface area (Å²) in [5, 5.41) is 0. The molecule has 126 valence electrons. The van der Waals surface area contributed by atoms with Gasteiger partial charge in [-0.1, -0.05) is 19.9 Å². The molecule has 2 aromatic carbocycles. The molecule has 5 nitrogen and oxygen atoms in total. The minimum absolute atomic E-state index is 0.111. The summed E-state index contributed by atoms with van der Waals surface area (Å²) in [5.74, 6) is 0.969. The van der Waals surface area contributed by atoms with E-state index in [4.69, 9.17) is 14.2 Å². The van der Waals surface area contributed by atoms with Gasteiger partial charge in [0.15, 0.2) is 17.8 Å². The monoisotopic (exact) mass is 328 g/mol. The van der Waals surface area contributed by atoms with E-state index in [1.165, 1.54) is 7.11 Å². The Kier molecular flexibility index (Phi) is 5.95. The predicted molar refractivity (Wildman–Crippen MR) is 90.1 cm³/mol. The van der Waals surface area contributed by atoms with Crippen molar-refractivity contribution in [1.29, 1.82) is 0 Å². The summed E-state index contributed by atoms with van der Waals surface area (Å²) in [6.45, 7) is 4.72. The summed E-state index contributed by atoms with van der Waals surface area (Å²) in [7, 11) is 1.45. The fourth-order valence-corrected chi connectivity index (χ4v) is 2.00. The van der Waals surface area contributed by atoms with Crippen LogP contribution < -0.4 is 14.2 Å². The molecule has 0 heterocycles. The number of hydrogen-bond donors (Lipinski definition) is 0. The summed E-state index contributed by atoms with van der Waals surface area (Å²) in [5.41, 5.74) is 0.606. The van der Waals surface area contributed by atoms with Crippen molar-refractivity contribution in [3.8, 4) is 17.2 Å². The number of hydrogen-bond acceptors (Lipinski definition) is 5. The largest absolute Gasteiger partial charge is 0.493 e. The second-order valence-electron chi connectivity index (χ2n) is 5.62. The van der Waals surface area contributed by atoms with Crippen LogP contribution in [0.3, 0.4) is 0 Å². The van der Waals surface area contributed by atoms with E-state index >= 15 is 0 Å². The Balaban J connectivity index is 2.14. The molecule has 0 saturated carbocycles. The maximum absolute atomic E-state index is 12.3. The summed E-state index contributed by atoms with van der Waals surface area (Å²) in [6, 6.07) is 11.5. The van der Waals surface area contributed by atoms with E-state index < -0.39 is 5.97 Å². The Hall–Kier alpha value is -2.82. The quantitative estimate of drug-likeness (QED) is 0.440. The summed E-state index contributed by atoms with van der Waals surface area (Å²) < 4.78 is 16.1. The molecule has 0 N–H and O–H groups in total. The molecule has 2 aromatic rings. The lowest BCUT2D eigenvalue weighted by Gasteiger charge is -2.12. The van der Waals surface area contributed by atoms with E-state index in [1.807, 2.05) is 0 Å². The second kappa shape index (κ2) is 8.15.